The number of rotatable bonds is 1. The summed E-state index contributed by atoms with van der Waals surface area (Å²) < 4.78 is 0. The first-order valence-corrected chi connectivity index (χ1v) is 8.96. The highest BCUT2D eigenvalue weighted by atomic mass is 32.2. The molecule has 0 N–H and O–H groups in total. The minimum absolute atomic E-state index is 0.614. The van der Waals surface area contributed by atoms with Gasteiger partial charge in [-0.1, -0.05) is 6.07 Å². The van der Waals surface area contributed by atoms with Crippen LogP contribution in [0.15, 0.2) is 22.4 Å². The Hall–Kier alpha value is 0.140. The molecule has 1 fully saturated rings. The van der Waals surface area contributed by atoms with E-state index in [1.165, 1.54) is 23.0 Å². The zero-order chi connectivity index (χ0) is 9.54. The van der Waals surface area contributed by atoms with Crippen molar-refractivity contribution < 1.29 is 0 Å². The van der Waals surface area contributed by atoms with E-state index in [0.29, 0.717) is 21.8 Å². The van der Waals surface area contributed by atoms with Gasteiger partial charge >= 0.3 is 0 Å². The second-order valence-electron chi connectivity index (χ2n) is 3.66. The van der Waals surface area contributed by atoms with Crippen LogP contribution in [-0.4, -0.2) is 23.0 Å². The number of allylic oxidation sites excluding steroid dienone is 1. The molecule has 0 saturated carbocycles. The molecule has 2 bridgehead atoms. The number of hydrogen-bond acceptors (Lipinski definition) is 1. The molecule has 4 rings (SSSR count). The van der Waals surface area contributed by atoms with Gasteiger partial charge in [-0.3, -0.25) is 0 Å². The summed E-state index contributed by atoms with van der Waals surface area (Å²) in [6.45, 7) is 2.39. The van der Waals surface area contributed by atoms with Crippen LogP contribution < -0.4 is 0 Å². The maximum atomic E-state index is 2.39. The van der Waals surface area contributed by atoms with Crippen LogP contribution in [0.3, 0.4) is 0 Å². The van der Waals surface area contributed by atoms with Crippen molar-refractivity contribution in [1.82, 2.24) is 0 Å². The van der Waals surface area contributed by atoms with Crippen molar-refractivity contribution in [2.75, 3.05) is 23.0 Å². The molecule has 1 saturated heterocycles. The van der Waals surface area contributed by atoms with Gasteiger partial charge in [0.2, 0.25) is 4.91 Å². The Morgan fingerprint density at radius 3 is 2.43 bits per heavy atom. The average molecular weight is 242 g/mol. The molecular weight excluding hydrogens is 228 g/mol. The second kappa shape index (κ2) is 3.62. The van der Waals surface area contributed by atoms with Crippen LogP contribution in [0.1, 0.15) is 11.8 Å². The molecule has 0 atom stereocenters. The molecule has 0 aliphatic carbocycles. The Bertz CT molecular complexity index is 356. The third-order valence-electron chi connectivity index (χ3n) is 2.94. The van der Waals surface area contributed by atoms with Gasteiger partial charge < -0.3 is 0 Å². The first-order chi connectivity index (χ1) is 6.86. The average Bonchev–Trinajstić information content (AvgIpc) is 2.72. The van der Waals surface area contributed by atoms with Gasteiger partial charge in [-0.15, -0.1) is 11.3 Å². The van der Waals surface area contributed by atoms with Gasteiger partial charge in [-0.2, -0.15) is 0 Å². The van der Waals surface area contributed by atoms with Gasteiger partial charge in [0.15, 0.2) is 27.9 Å². The lowest BCUT2D eigenvalue weighted by Gasteiger charge is -2.23. The highest BCUT2D eigenvalue weighted by Gasteiger charge is 2.49. The molecule has 14 heavy (non-hydrogen) atoms. The first kappa shape index (κ1) is 9.37. The van der Waals surface area contributed by atoms with E-state index < -0.39 is 0 Å². The van der Waals surface area contributed by atoms with Gasteiger partial charge in [0.05, 0.1) is 4.88 Å². The summed E-state index contributed by atoms with van der Waals surface area (Å²) in [5.74, 6) is 5.94. The monoisotopic (exact) mass is 242 g/mol. The molecular formula is C11H14S3+2. The molecule has 0 amide bonds. The molecule has 0 aromatic carbocycles. The summed E-state index contributed by atoms with van der Waals surface area (Å²) in [7, 11) is 1.26. The molecule has 3 aliphatic heterocycles. The normalized spacial score (nSPS) is 31.2. The molecule has 1 aromatic rings. The fourth-order valence-corrected chi connectivity index (χ4v) is 9.94. The highest BCUT2D eigenvalue weighted by molar-refractivity contribution is 8.14. The van der Waals surface area contributed by atoms with E-state index in [-0.39, 0.29) is 0 Å². The lowest BCUT2D eigenvalue weighted by Crippen LogP contribution is -2.39. The maximum Gasteiger partial charge on any atom is 0.222 e. The zero-order valence-corrected chi connectivity index (χ0v) is 10.7. The predicted octanol–water partition coefficient (Wildman–Crippen LogP) is 2.70. The number of hydrogen-bond donors (Lipinski definition) is 0. The topological polar surface area (TPSA) is 0 Å². The van der Waals surface area contributed by atoms with Crippen LogP contribution in [0, 0.1) is 0 Å². The Morgan fingerprint density at radius 1 is 1.14 bits per heavy atom. The van der Waals surface area contributed by atoms with Crippen LogP contribution >= 0.6 is 11.3 Å². The van der Waals surface area contributed by atoms with Crippen LogP contribution in [0.25, 0.3) is 4.91 Å². The fraction of sp³-hybridized carbons (Fsp3) is 0.455. The summed E-state index contributed by atoms with van der Waals surface area (Å²) in [4.78, 5) is 5.05. The third kappa shape index (κ3) is 1.37. The standard InChI is InChI=1S/C11H14S3/c1-9-11(10-3-2-4-12-10)14-7-5-13(9)6-8-14/h2-4H,5-8H2,1H3/q+2. The van der Waals surface area contributed by atoms with Crippen LogP contribution in [0.5, 0.6) is 0 Å². The molecule has 74 valence electrons. The van der Waals surface area contributed by atoms with Gasteiger partial charge in [0, 0.05) is 28.7 Å². The highest BCUT2D eigenvalue weighted by Crippen LogP contribution is 2.40. The summed E-state index contributed by atoms with van der Waals surface area (Å²) in [5, 5.41) is 2.21. The van der Waals surface area contributed by atoms with E-state index in [9.17, 15) is 0 Å². The van der Waals surface area contributed by atoms with Gasteiger partial charge in [0.1, 0.15) is 0 Å². The zero-order valence-electron chi connectivity index (χ0n) is 8.29. The lowest BCUT2D eigenvalue weighted by atomic mass is 10.4. The minimum atomic E-state index is 0.614. The number of thiophene rings is 1. The van der Waals surface area contributed by atoms with E-state index in [2.05, 4.69) is 24.4 Å². The largest absolute Gasteiger partial charge is 0.222 e. The minimum Gasteiger partial charge on any atom is -0.139 e. The molecule has 4 heterocycles. The van der Waals surface area contributed by atoms with Crippen LogP contribution in [-0.2, 0) is 21.8 Å². The van der Waals surface area contributed by atoms with Gasteiger partial charge in [-0.25, -0.2) is 0 Å². The number of fused-ring (bicyclic) bond motifs is 2. The van der Waals surface area contributed by atoms with E-state index >= 15 is 0 Å². The Morgan fingerprint density at radius 2 is 1.86 bits per heavy atom. The third-order valence-corrected chi connectivity index (χ3v) is 9.56. The summed E-state index contributed by atoms with van der Waals surface area (Å²) in [6.07, 6.45) is 0. The molecule has 3 heteroatoms. The van der Waals surface area contributed by atoms with Crippen molar-refractivity contribution in [1.29, 1.82) is 0 Å². The quantitative estimate of drug-likeness (QED) is 0.664. The van der Waals surface area contributed by atoms with Crippen molar-refractivity contribution in [3.8, 4) is 0 Å². The molecule has 3 aliphatic rings. The fourth-order valence-electron chi connectivity index (χ4n) is 2.17. The van der Waals surface area contributed by atoms with Crippen molar-refractivity contribution in [2.45, 2.75) is 6.92 Å². The van der Waals surface area contributed by atoms with Crippen molar-refractivity contribution >= 4 is 38.0 Å². The molecule has 0 radical (unpaired) electrons. The molecule has 0 unspecified atom stereocenters. The molecule has 0 nitrogen and oxygen atoms in total. The van der Waals surface area contributed by atoms with Crippen molar-refractivity contribution in [2.24, 2.45) is 0 Å². The Balaban J connectivity index is 2.09. The van der Waals surface area contributed by atoms with E-state index in [4.69, 9.17) is 0 Å². The van der Waals surface area contributed by atoms with Crippen molar-refractivity contribution in [3.63, 3.8) is 0 Å². The predicted molar refractivity (Wildman–Crippen MR) is 71.1 cm³/mol. The summed E-state index contributed by atoms with van der Waals surface area (Å²) in [5.41, 5.74) is 0. The van der Waals surface area contributed by atoms with Gasteiger partial charge in [0.25, 0.3) is 0 Å². The Labute approximate surface area is 95.1 Å². The van der Waals surface area contributed by atoms with E-state index in [0.717, 1.165) is 0 Å². The summed E-state index contributed by atoms with van der Waals surface area (Å²) >= 11 is 1.93. The lowest BCUT2D eigenvalue weighted by molar-refractivity contribution is 1.35. The molecule has 0 spiro atoms. The summed E-state index contributed by atoms with van der Waals surface area (Å²) in [6, 6.07) is 4.50. The van der Waals surface area contributed by atoms with Crippen molar-refractivity contribution in [3.05, 3.63) is 27.3 Å². The van der Waals surface area contributed by atoms with Crippen LogP contribution in [0.2, 0.25) is 0 Å². The smallest absolute Gasteiger partial charge is 0.139 e. The first-order valence-electron chi connectivity index (χ1n) is 4.96. The van der Waals surface area contributed by atoms with E-state index in [1.807, 2.05) is 11.3 Å². The second-order valence-corrected chi connectivity index (χ2v) is 9.24. The SMILES string of the molecule is CC1=C(c2cccs2)[S+]2CC[S+]1CC2. The molecule has 1 aromatic heterocycles. The van der Waals surface area contributed by atoms with E-state index in [1.54, 1.807) is 14.7 Å². The van der Waals surface area contributed by atoms with Crippen LogP contribution in [0.4, 0.5) is 0 Å². The van der Waals surface area contributed by atoms with Gasteiger partial charge in [-0.05, 0) is 11.4 Å². The maximum absolute atomic E-state index is 2.39. The Kier molecular flexibility index (Phi) is 2.42.